The van der Waals surface area contributed by atoms with Crippen LogP contribution in [0.1, 0.15) is 45.4 Å². The monoisotopic (exact) mass is 298 g/mol. The molecular formula is C14H22N2O3S. The molecule has 0 amide bonds. The molecular weight excluding hydrogens is 276 g/mol. The van der Waals surface area contributed by atoms with E-state index in [1.807, 2.05) is 0 Å². The zero-order valence-electron chi connectivity index (χ0n) is 11.8. The summed E-state index contributed by atoms with van der Waals surface area (Å²) < 4.78 is 27.1. The largest absolute Gasteiger partial charge is 0.366 e. The molecule has 1 heterocycles. The number of rotatable bonds is 5. The predicted molar refractivity (Wildman–Crippen MR) is 78.0 cm³/mol. The van der Waals surface area contributed by atoms with Crippen molar-refractivity contribution in [2.75, 3.05) is 0 Å². The fourth-order valence-electron chi connectivity index (χ4n) is 2.87. The molecule has 0 aromatic carbocycles. The molecule has 6 heteroatoms. The summed E-state index contributed by atoms with van der Waals surface area (Å²) in [5.74, 6) is 0.723. The minimum atomic E-state index is -3.71. The first-order valence-electron chi connectivity index (χ1n) is 7.22. The van der Waals surface area contributed by atoms with E-state index >= 15 is 0 Å². The van der Waals surface area contributed by atoms with Crippen LogP contribution < -0.4 is 10.2 Å². The SMILES string of the molecule is CCCC1CCC(NS(=O)(=O)c2c[nH]ccc2=O)CC1. The van der Waals surface area contributed by atoms with Crippen molar-refractivity contribution in [3.8, 4) is 0 Å². The molecule has 1 saturated carbocycles. The second kappa shape index (κ2) is 6.54. The fourth-order valence-corrected chi connectivity index (χ4v) is 4.23. The molecule has 0 bridgehead atoms. The average Bonchev–Trinajstić information content (AvgIpc) is 2.41. The minimum absolute atomic E-state index is 0.0484. The van der Waals surface area contributed by atoms with Crippen molar-refractivity contribution in [3.63, 3.8) is 0 Å². The van der Waals surface area contributed by atoms with E-state index in [0.717, 1.165) is 31.6 Å². The second-order valence-electron chi connectivity index (χ2n) is 5.50. The molecule has 112 valence electrons. The van der Waals surface area contributed by atoms with Crippen LogP contribution in [0.2, 0.25) is 0 Å². The molecule has 0 spiro atoms. The molecule has 1 aromatic heterocycles. The van der Waals surface area contributed by atoms with Gasteiger partial charge >= 0.3 is 0 Å². The lowest BCUT2D eigenvalue weighted by Crippen LogP contribution is -2.39. The lowest BCUT2D eigenvalue weighted by molar-refractivity contribution is 0.297. The summed E-state index contributed by atoms with van der Waals surface area (Å²) in [4.78, 5) is 14.1. The third-order valence-corrected chi connectivity index (χ3v) is 5.48. The van der Waals surface area contributed by atoms with Gasteiger partial charge in [0, 0.05) is 24.5 Å². The van der Waals surface area contributed by atoms with Crippen molar-refractivity contribution in [2.24, 2.45) is 5.92 Å². The Morgan fingerprint density at radius 1 is 1.30 bits per heavy atom. The summed E-state index contributed by atoms with van der Waals surface area (Å²) in [5.41, 5.74) is -0.476. The molecule has 1 fully saturated rings. The lowest BCUT2D eigenvalue weighted by Gasteiger charge is -2.28. The van der Waals surface area contributed by atoms with Gasteiger partial charge in [0.25, 0.3) is 0 Å². The van der Waals surface area contributed by atoms with Crippen LogP contribution in [0.4, 0.5) is 0 Å². The van der Waals surface area contributed by atoms with Gasteiger partial charge in [0.15, 0.2) is 0 Å². The molecule has 5 nitrogen and oxygen atoms in total. The van der Waals surface area contributed by atoms with E-state index in [2.05, 4.69) is 16.6 Å². The fraction of sp³-hybridized carbons (Fsp3) is 0.643. The van der Waals surface area contributed by atoms with Gasteiger partial charge in [-0.2, -0.15) is 0 Å². The van der Waals surface area contributed by atoms with Crippen molar-refractivity contribution in [3.05, 3.63) is 28.7 Å². The van der Waals surface area contributed by atoms with E-state index in [1.54, 1.807) is 0 Å². The van der Waals surface area contributed by atoms with E-state index in [4.69, 9.17) is 0 Å². The number of hydrogen-bond acceptors (Lipinski definition) is 3. The maximum absolute atomic E-state index is 12.2. The Morgan fingerprint density at radius 2 is 2.00 bits per heavy atom. The predicted octanol–water partition coefficient (Wildman–Crippen LogP) is 2.01. The number of nitrogens with one attached hydrogen (secondary N) is 2. The Bertz CT molecular complexity index is 586. The summed E-state index contributed by atoms with van der Waals surface area (Å²) in [6.45, 7) is 2.18. The van der Waals surface area contributed by atoms with E-state index < -0.39 is 15.5 Å². The first kappa shape index (κ1) is 15.3. The van der Waals surface area contributed by atoms with Gasteiger partial charge in [0.1, 0.15) is 4.90 Å². The maximum atomic E-state index is 12.2. The first-order chi connectivity index (χ1) is 9.53. The topological polar surface area (TPSA) is 79.0 Å². The molecule has 1 aliphatic rings. The van der Waals surface area contributed by atoms with Crippen molar-refractivity contribution in [2.45, 2.75) is 56.4 Å². The summed E-state index contributed by atoms with van der Waals surface area (Å²) >= 11 is 0. The van der Waals surface area contributed by atoms with Crippen LogP contribution in [0.5, 0.6) is 0 Å². The Morgan fingerprint density at radius 3 is 2.60 bits per heavy atom. The molecule has 1 aromatic rings. The Hall–Kier alpha value is -1.14. The highest BCUT2D eigenvalue weighted by atomic mass is 32.2. The van der Waals surface area contributed by atoms with E-state index in [1.165, 1.54) is 31.3 Å². The van der Waals surface area contributed by atoms with Crippen molar-refractivity contribution < 1.29 is 8.42 Å². The Labute approximate surface area is 119 Å². The number of hydrogen-bond donors (Lipinski definition) is 2. The smallest absolute Gasteiger partial charge is 0.246 e. The van der Waals surface area contributed by atoms with Crippen LogP contribution in [0.25, 0.3) is 0 Å². The highest BCUT2D eigenvalue weighted by Gasteiger charge is 2.26. The molecule has 0 aliphatic heterocycles. The number of aromatic nitrogens is 1. The highest BCUT2D eigenvalue weighted by molar-refractivity contribution is 7.89. The van der Waals surface area contributed by atoms with Crippen LogP contribution in [0.3, 0.4) is 0 Å². The zero-order valence-corrected chi connectivity index (χ0v) is 12.6. The van der Waals surface area contributed by atoms with E-state index in [9.17, 15) is 13.2 Å². The van der Waals surface area contributed by atoms with Crippen molar-refractivity contribution in [1.29, 1.82) is 0 Å². The molecule has 0 atom stereocenters. The van der Waals surface area contributed by atoms with Crippen LogP contribution in [0.15, 0.2) is 28.2 Å². The van der Waals surface area contributed by atoms with Gasteiger partial charge in [0.05, 0.1) is 0 Å². The van der Waals surface area contributed by atoms with Gasteiger partial charge < -0.3 is 4.98 Å². The zero-order chi connectivity index (χ0) is 14.6. The molecule has 1 aliphatic carbocycles. The average molecular weight is 298 g/mol. The van der Waals surface area contributed by atoms with Crippen LogP contribution in [-0.2, 0) is 10.0 Å². The van der Waals surface area contributed by atoms with Gasteiger partial charge in [-0.15, -0.1) is 0 Å². The number of pyridine rings is 1. The number of H-pyrrole nitrogens is 1. The molecule has 0 radical (unpaired) electrons. The minimum Gasteiger partial charge on any atom is -0.366 e. The third-order valence-electron chi connectivity index (χ3n) is 3.94. The summed E-state index contributed by atoms with van der Waals surface area (Å²) in [5, 5.41) is 0. The van der Waals surface area contributed by atoms with E-state index in [-0.39, 0.29) is 10.9 Å². The van der Waals surface area contributed by atoms with Crippen molar-refractivity contribution >= 4 is 10.0 Å². The standard InChI is InChI=1S/C14H22N2O3S/c1-2-3-11-4-6-12(7-5-11)16-20(18,19)14-10-15-9-8-13(14)17/h8-12,16H,2-7H2,1H3,(H,15,17). The van der Waals surface area contributed by atoms with Gasteiger partial charge in [-0.05, 0) is 31.6 Å². The Kier molecular flexibility index (Phi) is 4.99. The third kappa shape index (κ3) is 3.70. The van der Waals surface area contributed by atoms with Gasteiger partial charge in [0.2, 0.25) is 15.5 Å². The van der Waals surface area contributed by atoms with Crippen LogP contribution in [-0.4, -0.2) is 19.4 Å². The molecule has 0 saturated heterocycles. The summed E-state index contributed by atoms with van der Waals surface area (Å²) in [6, 6.07) is 1.18. The molecule has 2 rings (SSSR count). The van der Waals surface area contributed by atoms with Crippen molar-refractivity contribution in [1.82, 2.24) is 9.71 Å². The second-order valence-corrected chi connectivity index (χ2v) is 7.18. The number of sulfonamides is 1. The van der Waals surface area contributed by atoms with Gasteiger partial charge in [-0.25, -0.2) is 13.1 Å². The summed E-state index contributed by atoms with van der Waals surface area (Å²) in [6.07, 6.45) is 8.91. The maximum Gasteiger partial charge on any atom is 0.246 e. The molecule has 2 N–H and O–H groups in total. The Balaban J connectivity index is 2.00. The molecule has 0 unspecified atom stereocenters. The first-order valence-corrected chi connectivity index (χ1v) is 8.70. The quantitative estimate of drug-likeness (QED) is 0.872. The molecule has 20 heavy (non-hydrogen) atoms. The number of aromatic amines is 1. The highest BCUT2D eigenvalue weighted by Crippen LogP contribution is 2.28. The van der Waals surface area contributed by atoms with Gasteiger partial charge in [-0.3, -0.25) is 4.79 Å². The summed E-state index contributed by atoms with van der Waals surface area (Å²) in [7, 11) is -3.71. The lowest BCUT2D eigenvalue weighted by atomic mass is 9.84. The normalized spacial score (nSPS) is 23.6. The van der Waals surface area contributed by atoms with Crippen LogP contribution in [0, 0.1) is 5.92 Å². The van der Waals surface area contributed by atoms with Crippen LogP contribution >= 0.6 is 0 Å². The van der Waals surface area contributed by atoms with Gasteiger partial charge in [-0.1, -0.05) is 19.8 Å². The van der Waals surface area contributed by atoms with E-state index in [0.29, 0.717) is 0 Å².